The number of aliphatic carboxylic acids is 1. The number of rotatable bonds is 9. The lowest BCUT2D eigenvalue weighted by Gasteiger charge is -2.28. The van der Waals surface area contributed by atoms with Gasteiger partial charge in [0.1, 0.15) is 17.7 Å². The molecule has 9 nitrogen and oxygen atoms in total. The third-order valence-corrected chi connectivity index (χ3v) is 4.75. The van der Waals surface area contributed by atoms with Crippen LogP contribution >= 0.6 is 0 Å². The van der Waals surface area contributed by atoms with Crippen LogP contribution in [-0.4, -0.2) is 46.8 Å². The fraction of sp³-hybridized carbons (Fsp3) is 0.360. The Morgan fingerprint density at radius 3 is 2.03 bits per heavy atom. The molecule has 34 heavy (non-hydrogen) atoms. The Morgan fingerprint density at radius 2 is 1.50 bits per heavy atom. The zero-order valence-electron chi connectivity index (χ0n) is 19.4. The van der Waals surface area contributed by atoms with Crippen LogP contribution in [0.4, 0.5) is 4.79 Å². The predicted octanol–water partition coefficient (Wildman–Crippen LogP) is 2.78. The Morgan fingerprint density at radius 1 is 0.941 bits per heavy atom. The van der Waals surface area contributed by atoms with Crippen molar-refractivity contribution in [2.24, 2.45) is 5.73 Å². The lowest BCUT2D eigenvalue weighted by atomic mass is 9.85. The molecule has 0 fully saturated rings. The molecule has 2 rings (SSSR count). The van der Waals surface area contributed by atoms with Gasteiger partial charge in [-0.25, -0.2) is 14.4 Å². The molecule has 0 heterocycles. The molecule has 2 aromatic rings. The molecule has 0 aromatic heterocycles. The summed E-state index contributed by atoms with van der Waals surface area (Å²) in [4.78, 5) is 48.8. The minimum atomic E-state index is -1.53. The van der Waals surface area contributed by atoms with Crippen LogP contribution in [0.25, 0.3) is 0 Å². The van der Waals surface area contributed by atoms with Gasteiger partial charge in [0, 0.05) is 5.92 Å². The third kappa shape index (κ3) is 8.67. The number of nitrogens with two attached hydrogens (primary N) is 1. The molecule has 0 aliphatic heterocycles. The zero-order chi connectivity index (χ0) is 25.3. The fourth-order valence-electron chi connectivity index (χ4n) is 3.26. The lowest BCUT2D eigenvalue weighted by molar-refractivity contribution is -0.163. The summed E-state index contributed by atoms with van der Waals surface area (Å²) in [6, 6.07) is 15.4. The van der Waals surface area contributed by atoms with Gasteiger partial charge in [-0.3, -0.25) is 4.79 Å². The molecule has 3 atom stereocenters. The summed E-state index contributed by atoms with van der Waals surface area (Å²) in [5.41, 5.74) is 6.31. The third-order valence-electron chi connectivity index (χ3n) is 4.75. The van der Waals surface area contributed by atoms with Gasteiger partial charge in [-0.2, -0.15) is 0 Å². The van der Waals surface area contributed by atoms with E-state index in [2.05, 4.69) is 5.32 Å². The molecule has 0 saturated carbocycles. The lowest BCUT2D eigenvalue weighted by Crippen LogP contribution is -2.49. The van der Waals surface area contributed by atoms with E-state index < -0.39 is 54.0 Å². The highest BCUT2D eigenvalue weighted by molar-refractivity contribution is 5.94. The number of amides is 1. The number of hydrogen-bond acceptors (Lipinski definition) is 7. The van der Waals surface area contributed by atoms with E-state index in [1.807, 2.05) is 36.4 Å². The summed E-state index contributed by atoms with van der Waals surface area (Å²) in [7, 11) is 0. The second-order valence-corrected chi connectivity index (χ2v) is 8.78. The zero-order valence-corrected chi connectivity index (χ0v) is 19.4. The number of benzene rings is 2. The molecular formula is C25H30N2O7. The first-order valence-corrected chi connectivity index (χ1v) is 10.8. The van der Waals surface area contributed by atoms with Crippen molar-refractivity contribution in [1.29, 1.82) is 0 Å². The highest BCUT2D eigenvalue weighted by Gasteiger charge is 2.36. The van der Waals surface area contributed by atoms with Crippen molar-refractivity contribution in [3.63, 3.8) is 0 Å². The van der Waals surface area contributed by atoms with Crippen LogP contribution in [0.15, 0.2) is 60.7 Å². The number of ether oxygens (including phenoxy) is 2. The molecule has 0 bridgehead atoms. The number of carboxylic acid groups (broad SMARTS) is 1. The highest BCUT2D eigenvalue weighted by atomic mass is 16.6. The number of alkyl carbamates (subject to hydrolysis) is 1. The first-order valence-electron chi connectivity index (χ1n) is 10.8. The van der Waals surface area contributed by atoms with Crippen LogP contribution in [0.5, 0.6) is 0 Å². The van der Waals surface area contributed by atoms with Crippen molar-refractivity contribution in [3.05, 3.63) is 71.8 Å². The molecule has 0 aliphatic carbocycles. The Hall–Kier alpha value is -3.72. The van der Waals surface area contributed by atoms with Crippen molar-refractivity contribution in [2.45, 2.75) is 57.2 Å². The second-order valence-electron chi connectivity index (χ2n) is 8.78. The van der Waals surface area contributed by atoms with Crippen LogP contribution in [0.2, 0.25) is 0 Å². The van der Waals surface area contributed by atoms with Crippen molar-refractivity contribution in [2.75, 3.05) is 0 Å². The van der Waals surface area contributed by atoms with Crippen molar-refractivity contribution in [1.82, 2.24) is 5.32 Å². The maximum Gasteiger partial charge on any atom is 0.408 e. The van der Waals surface area contributed by atoms with Crippen molar-refractivity contribution < 1.29 is 33.8 Å². The molecule has 182 valence electrons. The van der Waals surface area contributed by atoms with Gasteiger partial charge in [-0.15, -0.1) is 0 Å². The average molecular weight is 471 g/mol. The van der Waals surface area contributed by atoms with Crippen LogP contribution in [-0.2, 0) is 30.3 Å². The molecule has 0 saturated heterocycles. The maximum atomic E-state index is 13.1. The number of nitrogens with one attached hydrogen (secondary N) is 1. The van der Waals surface area contributed by atoms with Crippen LogP contribution in [0.1, 0.15) is 44.2 Å². The minimum Gasteiger partial charge on any atom is -0.481 e. The van der Waals surface area contributed by atoms with Gasteiger partial charge in [0.15, 0.2) is 0 Å². The first kappa shape index (κ1) is 26.5. The fourth-order valence-corrected chi connectivity index (χ4v) is 3.26. The summed E-state index contributed by atoms with van der Waals surface area (Å²) in [5.74, 6) is -4.21. The number of hydrogen-bond donors (Lipinski definition) is 3. The number of carboxylic acids is 1. The number of esters is 2. The monoisotopic (exact) mass is 470 g/mol. The van der Waals surface area contributed by atoms with E-state index in [1.165, 1.54) is 0 Å². The SMILES string of the molecule is CC(C)(C)OC(=O)N[C@H](C(=O)OC(=O)[C@@H](N)CC(=O)O)C(Cc1ccccc1)c1ccccc1. The van der Waals surface area contributed by atoms with Gasteiger partial charge < -0.3 is 25.6 Å². The van der Waals surface area contributed by atoms with Crippen molar-refractivity contribution in [3.8, 4) is 0 Å². The smallest absolute Gasteiger partial charge is 0.408 e. The van der Waals surface area contributed by atoms with E-state index in [0.717, 1.165) is 5.56 Å². The van der Waals surface area contributed by atoms with Gasteiger partial charge in [0.2, 0.25) is 0 Å². The molecule has 1 amide bonds. The molecule has 9 heteroatoms. The molecule has 4 N–H and O–H groups in total. The van der Waals surface area contributed by atoms with Gasteiger partial charge in [0.25, 0.3) is 0 Å². The quantitative estimate of drug-likeness (QED) is 0.375. The summed E-state index contributed by atoms with van der Waals surface area (Å²) >= 11 is 0. The minimum absolute atomic E-state index is 0.329. The van der Waals surface area contributed by atoms with E-state index in [4.69, 9.17) is 20.3 Å². The van der Waals surface area contributed by atoms with E-state index in [9.17, 15) is 19.2 Å². The normalized spacial score (nSPS) is 13.8. The Balaban J connectivity index is 2.40. The molecule has 0 spiro atoms. The van der Waals surface area contributed by atoms with Gasteiger partial charge in [-0.05, 0) is 38.3 Å². The van der Waals surface area contributed by atoms with Gasteiger partial charge >= 0.3 is 24.0 Å². The van der Waals surface area contributed by atoms with Crippen LogP contribution in [0.3, 0.4) is 0 Å². The van der Waals surface area contributed by atoms with E-state index in [1.54, 1.807) is 45.0 Å². The van der Waals surface area contributed by atoms with E-state index in [-0.39, 0.29) is 0 Å². The Bertz CT molecular complexity index is 987. The molecular weight excluding hydrogens is 440 g/mol. The van der Waals surface area contributed by atoms with Crippen molar-refractivity contribution >= 4 is 24.0 Å². The molecule has 1 unspecified atom stereocenters. The second kappa shape index (κ2) is 11.9. The first-order chi connectivity index (χ1) is 16.0. The summed E-state index contributed by atoms with van der Waals surface area (Å²) in [5, 5.41) is 11.4. The van der Waals surface area contributed by atoms with Crippen LogP contribution in [0, 0.1) is 0 Å². The standard InChI is InChI=1S/C25H30N2O7/c1-25(2,3)34-24(32)27-21(23(31)33-22(30)19(26)15-20(28)29)18(17-12-8-5-9-13-17)14-16-10-6-4-7-11-16/h4-13,18-19,21H,14-15,26H2,1-3H3,(H,27,32)(H,28,29)/t18?,19-,21-/m0/s1. The predicted molar refractivity (Wildman–Crippen MR) is 124 cm³/mol. The summed E-state index contributed by atoms with van der Waals surface area (Å²) in [6.45, 7) is 5.02. The van der Waals surface area contributed by atoms with Gasteiger partial charge in [0.05, 0.1) is 6.42 Å². The maximum absolute atomic E-state index is 13.1. The Labute approximate surface area is 198 Å². The largest absolute Gasteiger partial charge is 0.481 e. The number of carbonyl (C=O) groups excluding carboxylic acids is 3. The summed E-state index contributed by atoms with van der Waals surface area (Å²) in [6.07, 6.45) is -1.25. The summed E-state index contributed by atoms with van der Waals surface area (Å²) < 4.78 is 10.2. The topological polar surface area (TPSA) is 145 Å². The molecule has 0 radical (unpaired) electrons. The van der Waals surface area contributed by atoms with E-state index >= 15 is 0 Å². The Kier molecular flexibility index (Phi) is 9.32. The van der Waals surface area contributed by atoms with Crippen LogP contribution < -0.4 is 11.1 Å². The highest BCUT2D eigenvalue weighted by Crippen LogP contribution is 2.26. The average Bonchev–Trinajstić information content (AvgIpc) is 2.75. The molecule has 2 aromatic carbocycles. The van der Waals surface area contributed by atoms with E-state index in [0.29, 0.717) is 12.0 Å². The number of carbonyl (C=O) groups is 4. The molecule has 0 aliphatic rings. The van der Waals surface area contributed by atoms with Gasteiger partial charge in [-0.1, -0.05) is 60.7 Å².